The number of aldehydes is 2. The van der Waals surface area contributed by atoms with Gasteiger partial charge in [-0.3, -0.25) is 0 Å². The number of carbonyl (C=O) groups excluding carboxylic acids is 2. The van der Waals surface area contributed by atoms with Gasteiger partial charge in [0.2, 0.25) is 0 Å². The summed E-state index contributed by atoms with van der Waals surface area (Å²) in [5, 5.41) is 0.224. The van der Waals surface area contributed by atoms with Crippen molar-refractivity contribution >= 4 is 36.1 Å². The van der Waals surface area contributed by atoms with Crippen LogP contribution < -0.4 is 0 Å². The van der Waals surface area contributed by atoms with Gasteiger partial charge in [-0.05, 0) is 0 Å². The molecule has 0 N–H and O–H groups in total. The van der Waals surface area contributed by atoms with Crippen LogP contribution in [-0.4, -0.2) is 34.6 Å². The van der Waals surface area contributed by atoms with E-state index in [0.29, 0.717) is 0 Å². The van der Waals surface area contributed by atoms with Gasteiger partial charge < -0.3 is 9.59 Å². The number of carbonyl (C=O) groups is 2. The van der Waals surface area contributed by atoms with Gasteiger partial charge in [-0.2, -0.15) is 0 Å². The third-order valence-corrected chi connectivity index (χ3v) is 4.19. The lowest BCUT2D eigenvalue weighted by atomic mass is 10.5. The van der Waals surface area contributed by atoms with E-state index in [4.69, 9.17) is 0 Å². The van der Waals surface area contributed by atoms with Gasteiger partial charge in [0.1, 0.15) is 12.6 Å². The van der Waals surface area contributed by atoms with Crippen molar-refractivity contribution in [3.05, 3.63) is 0 Å². The average Bonchev–Trinajstić information content (AvgIpc) is 2.05. The van der Waals surface area contributed by atoms with Crippen LogP contribution in [0.5, 0.6) is 0 Å². The number of thioether (sulfide) groups is 2. The van der Waals surface area contributed by atoms with Gasteiger partial charge in [0.05, 0.1) is 10.5 Å². The second kappa shape index (κ2) is 4.03. The van der Waals surface area contributed by atoms with Crippen LogP contribution in [0.4, 0.5) is 0 Å². The maximum Gasteiger partial charge on any atom is 0.133 e. The molecule has 0 radical (unpaired) electrons. The lowest BCUT2D eigenvalue weighted by Gasteiger charge is -2.19. The standard InChI is InChI=1S/C6H8O2S2/c7-1-5-3-10-6(2-8)4-9-5/h1-2,5-6H,3-4H2. The molecule has 1 aliphatic rings. The van der Waals surface area contributed by atoms with Crippen molar-refractivity contribution < 1.29 is 9.59 Å². The smallest absolute Gasteiger partial charge is 0.133 e. The first-order valence-corrected chi connectivity index (χ1v) is 5.10. The van der Waals surface area contributed by atoms with Gasteiger partial charge in [-0.15, -0.1) is 23.5 Å². The first kappa shape index (κ1) is 8.14. The first-order valence-electron chi connectivity index (χ1n) is 3.00. The highest BCUT2D eigenvalue weighted by Gasteiger charge is 2.20. The largest absolute Gasteiger partial charge is 0.302 e. The van der Waals surface area contributed by atoms with Crippen LogP contribution in [0.15, 0.2) is 0 Å². The van der Waals surface area contributed by atoms with Crippen LogP contribution in [0.3, 0.4) is 0 Å². The number of hydrogen-bond acceptors (Lipinski definition) is 4. The second-order valence-electron chi connectivity index (χ2n) is 2.02. The van der Waals surface area contributed by atoms with Crippen LogP contribution in [0, 0.1) is 0 Å². The Bertz CT molecular complexity index is 114. The van der Waals surface area contributed by atoms with Crippen molar-refractivity contribution in [1.29, 1.82) is 0 Å². The molecule has 0 amide bonds. The van der Waals surface area contributed by atoms with E-state index in [1.807, 2.05) is 0 Å². The van der Waals surface area contributed by atoms with E-state index in [-0.39, 0.29) is 10.5 Å². The summed E-state index contributed by atoms with van der Waals surface area (Å²) < 4.78 is 0. The Hall–Kier alpha value is 0.0400. The summed E-state index contributed by atoms with van der Waals surface area (Å²) in [6.07, 6.45) is 1.91. The van der Waals surface area contributed by atoms with Crippen molar-refractivity contribution in [2.45, 2.75) is 10.5 Å². The summed E-state index contributed by atoms with van der Waals surface area (Å²) in [5.74, 6) is 1.58. The van der Waals surface area contributed by atoms with Gasteiger partial charge in [-0.25, -0.2) is 0 Å². The fourth-order valence-corrected chi connectivity index (χ4v) is 3.12. The minimum atomic E-state index is 0.112. The highest BCUT2D eigenvalue weighted by Crippen LogP contribution is 2.27. The zero-order chi connectivity index (χ0) is 7.40. The molecule has 0 aliphatic carbocycles. The number of rotatable bonds is 2. The van der Waals surface area contributed by atoms with E-state index in [1.54, 1.807) is 23.5 Å². The minimum Gasteiger partial charge on any atom is -0.302 e. The monoisotopic (exact) mass is 176 g/mol. The van der Waals surface area contributed by atoms with Crippen molar-refractivity contribution in [1.82, 2.24) is 0 Å². The molecule has 0 aromatic rings. The lowest BCUT2D eigenvalue weighted by Crippen LogP contribution is -2.22. The van der Waals surface area contributed by atoms with Crippen molar-refractivity contribution in [2.75, 3.05) is 11.5 Å². The molecule has 0 saturated carbocycles. The van der Waals surface area contributed by atoms with Gasteiger partial charge in [0.15, 0.2) is 0 Å². The van der Waals surface area contributed by atoms with Crippen LogP contribution >= 0.6 is 23.5 Å². The first-order chi connectivity index (χ1) is 4.86. The quantitative estimate of drug-likeness (QED) is 0.577. The molecule has 0 bridgehead atoms. The van der Waals surface area contributed by atoms with Crippen molar-refractivity contribution in [2.24, 2.45) is 0 Å². The topological polar surface area (TPSA) is 34.1 Å². The van der Waals surface area contributed by atoms with Crippen LogP contribution in [-0.2, 0) is 9.59 Å². The molecule has 1 rings (SSSR count). The Labute approximate surface area is 68.1 Å². The van der Waals surface area contributed by atoms with E-state index in [1.165, 1.54) is 0 Å². The maximum atomic E-state index is 10.2. The van der Waals surface area contributed by atoms with E-state index >= 15 is 0 Å². The molecule has 2 atom stereocenters. The Balaban J connectivity index is 2.30. The molecule has 0 spiro atoms. The third kappa shape index (κ3) is 2.02. The number of hydrogen-bond donors (Lipinski definition) is 0. The molecule has 2 unspecified atom stereocenters. The molecule has 1 fully saturated rings. The zero-order valence-electron chi connectivity index (χ0n) is 5.36. The van der Waals surface area contributed by atoms with Gasteiger partial charge in [0.25, 0.3) is 0 Å². The van der Waals surface area contributed by atoms with Crippen molar-refractivity contribution in [3.8, 4) is 0 Å². The molecule has 1 heterocycles. The average molecular weight is 176 g/mol. The fourth-order valence-electron chi connectivity index (χ4n) is 0.690. The minimum absolute atomic E-state index is 0.112. The summed E-state index contributed by atoms with van der Waals surface area (Å²) in [6.45, 7) is 0. The maximum absolute atomic E-state index is 10.2. The molecule has 0 aromatic carbocycles. The summed E-state index contributed by atoms with van der Waals surface area (Å²) in [5.41, 5.74) is 0. The molecule has 1 aliphatic heterocycles. The molecule has 0 aromatic heterocycles. The Morgan fingerprint density at radius 2 is 1.40 bits per heavy atom. The highest BCUT2D eigenvalue weighted by molar-refractivity contribution is 8.07. The van der Waals surface area contributed by atoms with Gasteiger partial charge in [0, 0.05) is 11.5 Å². The van der Waals surface area contributed by atoms with Gasteiger partial charge >= 0.3 is 0 Å². The van der Waals surface area contributed by atoms with E-state index in [0.717, 1.165) is 24.1 Å². The van der Waals surface area contributed by atoms with Crippen molar-refractivity contribution in [3.63, 3.8) is 0 Å². The summed E-state index contributed by atoms with van der Waals surface area (Å²) in [6, 6.07) is 0. The lowest BCUT2D eigenvalue weighted by molar-refractivity contribution is -0.108. The SMILES string of the molecule is O=CC1CSC(C=O)CS1. The van der Waals surface area contributed by atoms with Crippen LogP contribution in [0.2, 0.25) is 0 Å². The summed E-state index contributed by atoms with van der Waals surface area (Å²) >= 11 is 3.15. The predicted octanol–water partition coefficient (Wildman–Crippen LogP) is 0.601. The molecule has 10 heavy (non-hydrogen) atoms. The summed E-state index contributed by atoms with van der Waals surface area (Å²) in [7, 11) is 0. The van der Waals surface area contributed by atoms with E-state index in [2.05, 4.69) is 0 Å². The second-order valence-corrected chi connectivity index (χ2v) is 4.56. The van der Waals surface area contributed by atoms with Crippen LogP contribution in [0.1, 0.15) is 0 Å². The molecular formula is C6H8O2S2. The fraction of sp³-hybridized carbons (Fsp3) is 0.667. The zero-order valence-corrected chi connectivity index (χ0v) is 6.99. The normalized spacial score (nSPS) is 33.2. The predicted molar refractivity (Wildman–Crippen MR) is 44.6 cm³/mol. The highest BCUT2D eigenvalue weighted by atomic mass is 32.2. The molecule has 1 saturated heterocycles. The third-order valence-electron chi connectivity index (χ3n) is 1.25. The Kier molecular flexibility index (Phi) is 3.28. The van der Waals surface area contributed by atoms with Crippen LogP contribution in [0.25, 0.3) is 0 Å². The Morgan fingerprint density at radius 3 is 1.60 bits per heavy atom. The molecule has 2 nitrogen and oxygen atoms in total. The van der Waals surface area contributed by atoms with E-state index < -0.39 is 0 Å². The molecule has 56 valence electrons. The summed E-state index contributed by atoms with van der Waals surface area (Å²) in [4.78, 5) is 20.5. The van der Waals surface area contributed by atoms with Gasteiger partial charge in [-0.1, -0.05) is 0 Å². The molecule has 4 heteroatoms. The Morgan fingerprint density at radius 1 is 1.00 bits per heavy atom. The molecular weight excluding hydrogens is 168 g/mol. The van der Waals surface area contributed by atoms with E-state index in [9.17, 15) is 9.59 Å².